The first-order valence-corrected chi connectivity index (χ1v) is 6.51. The third-order valence-corrected chi connectivity index (χ3v) is 4.93. The molecule has 0 radical (unpaired) electrons. The molecule has 0 heterocycles. The van der Waals surface area contributed by atoms with E-state index in [0.717, 1.165) is 14.2 Å². The number of nitro benzene ring substituents is 1. The fourth-order valence-corrected chi connectivity index (χ4v) is 2.81. The molecule has 0 aliphatic carbocycles. The molecule has 0 fully saturated rings. The van der Waals surface area contributed by atoms with Crippen molar-refractivity contribution >= 4 is 13.3 Å². The summed E-state index contributed by atoms with van der Waals surface area (Å²) < 4.78 is 21.6. The first kappa shape index (κ1) is 14.8. The van der Waals surface area contributed by atoms with Gasteiger partial charge in [0.15, 0.2) is 5.34 Å². The summed E-state index contributed by atoms with van der Waals surface area (Å²) in [4.78, 5) is 9.95. The fourth-order valence-electron chi connectivity index (χ4n) is 1.49. The van der Waals surface area contributed by atoms with Gasteiger partial charge in [0.2, 0.25) is 0 Å². The summed E-state index contributed by atoms with van der Waals surface area (Å²) in [5.74, 6) is 0. The van der Waals surface area contributed by atoms with Crippen molar-refractivity contribution in [2.45, 2.75) is 12.3 Å². The minimum absolute atomic E-state index is 0.126. The van der Waals surface area contributed by atoms with Gasteiger partial charge in [-0.2, -0.15) is 0 Å². The van der Waals surface area contributed by atoms with Crippen molar-refractivity contribution < 1.29 is 23.6 Å². The van der Waals surface area contributed by atoms with Gasteiger partial charge < -0.3 is 14.2 Å². The van der Waals surface area contributed by atoms with Gasteiger partial charge in [-0.15, -0.1) is 0 Å². The zero-order chi connectivity index (χ0) is 14.0. The van der Waals surface area contributed by atoms with Crippen LogP contribution >= 0.6 is 7.60 Å². The molecule has 0 spiro atoms. The molecule has 7 nitrogen and oxygen atoms in total. The Bertz CT molecular complexity index is 476. The van der Waals surface area contributed by atoms with Gasteiger partial charge in [-0.25, -0.2) is 0 Å². The van der Waals surface area contributed by atoms with E-state index in [0.29, 0.717) is 0 Å². The summed E-state index contributed by atoms with van der Waals surface area (Å²) in [7, 11) is -1.45. The summed E-state index contributed by atoms with van der Waals surface area (Å²) in [5.41, 5.74) is 0.0827. The van der Waals surface area contributed by atoms with E-state index in [1.54, 1.807) is 0 Å². The Kier molecular flexibility index (Phi) is 4.24. The van der Waals surface area contributed by atoms with Crippen LogP contribution in [0.25, 0.3) is 0 Å². The van der Waals surface area contributed by atoms with Crippen molar-refractivity contribution in [1.29, 1.82) is 0 Å². The van der Waals surface area contributed by atoms with Gasteiger partial charge in [0.05, 0.1) is 4.92 Å². The number of nitrogens with zero attached hydrogens (tertiary/aromatic N) is 1. The molecular formula is C10H14NO6P. The second kappa shape index (κ2) is 5.16. The molecule has 100 valence electrons. The van der Waals surface area contributed by atoms with Gasteiger partial charge in [-0.3, -0.25) is 14.7 Å². The minimum atomic E-state index is -3.76. The van der Waals surface area contributed by atoms with Crippen LogP contribution in [0, 0.1) is 10.1 Å². The molecular weight excluding hydrogens is 261 g/mol. The molecule has 0 saturated heterocycles. The van der Waals surface area contributed by atoms with E-state index in [1.807, 2.05) is 0 Å². The lowest BCUT2D eigenvalue weighted by Gasteiger charge is -2.29. The molecule has 0 saturated carbocycles. The Labute approximate surface area is 104 Å². The van der Waals surface area contributed by atoms with E-state index in [1.165, 1.54) is 31.2 Å². The molecule has 0 unspecified atom stereocenters. The summed E-state index contributed by atoms with van der Waals surface area (Å²) in [6.07, 6.45) is 0. The van der Waals surface area contributed by atoms with Crippen LogP contribution in [-0.4, -0.2) is 24.2 Å². The highest BCUT2D eigenvalue weighted by Gasteiger charge is 2.46. The average Bonchev–Trinajstić information content (AvgIpc) is 2.37. The standard InChI is InChI=1S/C10H14NO6P/c1-10(12,18(15,16-2)17-3)8-4-6-9(7-5-8)11(13)14/h4-7,12H,1-3H3/t10-/m0/s1. The van der Waals surface area contributed by atoms with Crippen LogP contribution in [-0.2, 0) is 19.0 Å². The van der Waals surface area contributed by atoms with Gasteiger partial charge in [-0.1, -0.05) is 0 Å². The number of benzene rings is 1. The van der Waals surface area contributed by atoms with Crippen LogP contribution in [0.4, 0.5) is 5.69 Å². The topological polar surface area (TPSA) is 98.9 Å². The Morgan fingerprint density at radius 3 is 2.06 bits per heavy atom. The van der Waals surface area contributed by atoms with Gasteiger partial charge in [0.1, 0.15) is 0 Å². The molecule has 0 aliphatic rings. The summed E-state index contributed by atoms with van der Waals surface area (Å²) >= 11 is 0. The van der Waals surface area contributed by atoms with E-state index in [9.17, 15) is 19.8 Å². The Morgan fingerprint density at radius 1 is 1.28 bits per heavy atom. The van der Waals surface area contributed by atoms with Crippen molar-refractivity contribution in [3.63, 3.8) is 0 Å². The molecule has 1 atom stereocenters. The second-order valence-electron chi connectivity index (χ2n) is 3.69. The molecule has 18 heavy (non-hydrogen) atoms. The number of hydrogen-bond acceptors (Lipinski definition) is 6. The highest BCUT2D eigenvalue weighted by atomic mass is 31.2. The summed E-state index contributed by atoms with van der Waals surface area (Å²) in [6.45, 7) is 1.27. The molecule has 0 aromatic heterocycles. The van der Waals surface area contributed by atoms with Crippen molar-refractivity contribution in [1.82, 2.24) is 0 Å². The second-order valence-corrected chi connectivity index (χ2v) is 6.28. The van der Waals surface area contributed by atoms with E-state index >= 15 is 0 Å². The minimum Gasteiger partial charge on any atom is -0.373 e. The van der Waals surface area contributed by atoms with E-state index in [2.05, 4.69) is 0 Å². The van der Waals surface area contributed by atoms with Gasteiger partial charge in [-0.05, 0) is 24.6 Å². The van der Waals surface area contributed by atoms with Crippen molar-refractivity contribution in [2.24, 2.45) is 0 Å². The maximum Gasteiger partial charge on any atom is 0.365 e. The lowest BCUT2D eigenvalue weighted by atomic mass is 10.1. The smallest absolute Gasteiger partial charge is 0.365 e. The third-order valence-electron chi connectivity index (χ3n) is 2.64. The van der Waals surface area contributed by atoms with Crippen LogP contribution in [0.3, 0.4) is 0 Å². The number of non-ortho nitro benzene ring substituents is 1. The SMILES string of the molecule is COP(=O)(OC)[C@](C)(O)c1ccc([N+](=O)[O-])cc1. The number of nitro groups is 1. The number of rotatable bonds is 5. The lowest BCUT2D eigenvalue weighted by Crippen LogP contribution is -2.23. The largest absolute Gasteiger partial charge is 0.373 e. The monoisotopic (exact) mass is 275 g/mol. The zero-order valence-electron chi connectivity index (χ0n) is 10.2. The summed E-state index contributed by atoms with van der Waals surface area (Å²) in [5, 5.41) is 18.9. The predicted molar refractivity (Wildman–Crippen MR) is 64.3 cm³/mol. The first-order chi connectivity index (χ1) is 8.28. The molecule has 1 aromatic rings. The van der Waals surface area contributed by atoms with Crippen molar-refractivity contribution in [3.05, 3.63) is 39.9 Å². The normalized spacial score (nSPS) is 15.1. The van der Waals surface area contributed by atoms with Crippen molar-refractivity contribution in [2.75, 3.05) is 14.2 Å². The number of hydrogen-bond donors (Lipinski definition) is 1. The predicted octanol–water partition coefficient (Wildman–Crippen LogP) is 2.25. The quantitative estimate of drug-likeness (QED) is 0.502. The van der Waals surface area contributed by atoms with Crippen LogP contribution in [0.15, 0.2) is 24.3 Å². The average molecular weight is 275 g/mol. The van der Waals surface area contributed by atoms with Crippen LogP contribution in [0.1, 0.15) is 12.5 Å². The van der Waals surface area contributed by atoms with Gasteiger partial charge >= 0.3 is 7.60 Å². The van der Waals surface area contributed by atoms with E-state index < -0.39 is 17.9 Å². The highest BCUT2D eigenvalue weighted by molar-refractivity contribution is 7.54. The Hall–Kier alpha value is -1.27. The summed E-state index contributed by atoms with van der Waals surface area (Å²) in [6, 6.07) is 5.03. The van der Waals surface area contributed by atoms with Crippen LogP contribution in [0.2, 0.25) is 0 Å². The number of aliphatic hydroxyl groups is 1. The Morgan fingerprint density at radius 2 is 1.72 bits per heavy atom. The molecule has 1 N–H and O–H groups in total. The van der Waals surface area contributed by atoms with Crippen molar-refractivity contribution in [3.8, 4) is 0 Å². The van der Waals surface area contributed by atoms with Gasteiger partial charge in [0, 0.05) is 26.4 Å². The lowest BCUT2D eigenvalue weighted by molar-refractivity contribution is -0.384. The molecule has 8 heteroatoms. The zero-order valence-corrected chi connectivity index (χ0v) is 11.1. The third kappa shape index (κ3) is 2.44. The fraction of sp³-hybridized carbons (Fsp3) is 0.400. The molecule has 0 bridgehead atoms. The molecule has 1 rings (SSSR count). The molecule has 1 aromatic carbocycles. The molecule has 0 amide bonds. The molecule has 0 aliphatic heterocycles. The van der Waals surface area contributed by atoms with Crippen LogP contribution < -0.4 is 0 Å². The van der Waals surface area contributed by atoms with Crippen LogP contribution in [0.5, 0.6) is 0 Å². The maximum atomic E-state index is 12.2. The van der Waals surface area contributed by atoms with Gasteiger partial charge in [0.25, 0.3) is 5.69 Å². The first-order valence-electron chi connectivity index (χ1n) is 4.97. The maximum absolute atomic E-state index is 12.2. The Balaban J connectivity index is 3.20. The highest BCUT2D eigenvalue weighted by Crippen LogP contribution is 2.62. The van der Waals surface area contributed by atoms with E-state index in [4.69, 9.17) is 9.05 Å². The van der Waals surface area contributed by atoms with E-state index in [-0.39, 0.29) is 11.3 Å².